The first-order chi connectivity index (χ1) is 15.1. The molecule has 0 unspecified atom stereocenters. The number of allylic oxidation sites excluding steroid dienone is 1. The van der Waals surface area contributed by atoms with Gasteiger partial charge in [0.05, 0.1) is 20.5 Å². The lowest BCUT2D eigenvalue weighted by Gasteiger charge is -2.10. The monoisotopic (exact) mass is 414 g/mol. The molecule has 0 aliphatic rings. The SMILES string of the molecule is COc1ccc(-c2coc3cc(OC)c(/C(C)=C/C(=O)Nc4ccccn4)cc23)cc1. The van der Waals surface area contributed by atoms with Crippen molar-refractivity contribution < 1.29 is 18.7 Å². The molecule has 0 saturated heterocycles. The van der Waals surface area contributed by atoms with Crippen LogP contribution in [0.15, 0.2) is 77.6 Å². The second-order valence-corrected chi connectivity index (χ2v) is 6.96. The fourth-order valence-electron chi connectivity index (χ4n) is 3.40. The molecule has 4 rings (SSSR count). The zero-order valence-electron chi connectivity index (χ0n) is 17.5. The van der Waals surface area contributed by atoms with Crippen LogP contribution in [-0.4, -0.2) is 25.1 Å². The number of furan rings is 1. The number of anilines is 1. The number of rotatable bonds is 6. The van der Waals surface area contributed by atoms with Gasteiger partial charge in [0.1, 0.15) is 22.9 Å². The molecule has 1 N–H and O–H groups in total. The number of methoxy groups -OCH3 is 2. The molecule has 1 amide bonds. The molecule has 6 heteroatoms. The molecule has 0 atom stereocenters. The van der Waals surface area contributed by atoms with E-state index in [1.54, 1.807) is 38.8 Å². The van der Waals surface area contributed by atoms with Gasteiger partial charge in [-0.25, -0.2) is 4.98 Å². The van der Waals surface area contributed by atoms with Crippen LogP contribution in [0, 0.1) is 0 Å². The first kappa shape index (κ1) is 20.2. The van der Waals surface area contributed by atoms with Crippen LogP contribution >= 0.6 is 0 Å². The van der Waals surface area contributed by atoms with Gasteiger partial charge in [0.15, 0.2) is 0 Å². The van der Waals surface area contributed by atoms with Crippen molar-refractivity contribution in [2.75, 3.05) is 19.5 Å². The van der Waals surface area contributed by atoms with Gasteiger partial charge in [0, 0.05) is 34.9 Å². The van der Waals surface area contributed by atoms with E-state index in [0.29, 0.717) is 17.2 Å². The number of fused-ring (bicyclic) bond motifs is 1. The third kappa shape index (κ3) is 4.28. The highest BCUT2D eigenvalue weighted by Gasteiger charge is 2.15. The zero-order valence-corrected chi connectivity index (χ0v) is 17.5. The Hall–Kier alpha value is -4.06. The number of aromatic nitrogens is 1. The predicted octanol–water partition coefficient (Wildman–Crippen LogP) is 5.55. The van der Waals surface area contributed by atoms with Crippen LogP contribution in [0.5, 0.6) is 11.5 Å². The molecule has 0 saturated carbocycles. The fourth-order valence-corrected chi connectivity index (χ4v) is 3.40. The maximum absolute atomic E-state index is 12.5. The van der Waals surface area contributed by atoms with Crippen molar-refractivity contribution in [3.63, 3.8) is 0 Å². The van der Waals surface area contributed by atoms with Crippen molar-refractivity contribution >= 4 is 28.3 Å². The molecule has 0 bridgehead atoms. The summed E-state index contributed by atoms with van der Waals surface area (Å²) in [5.74, 6) is 1.65. The quantitative estimate of drug-likeness (QED) is 0.419. The highest BCUT2D eigenvalue weighted by atomic mass is 16.5. The number of nitrogens with one attached hydrogen (secondary N) is 1. The standard InChI is InChI=1S/C25H22N2O4/c1-16(12-25(28)27-24-6-4-5-11-26-24)19-13-20-21(15-31-23(20)14-22(19)30-3)17-7-9-18(29-2)10-8-17/h4-15H,1-3H3,(H,26,27,28)/b16-12+. The van der Waals surface area contributed by atoms with E-state index >= 15 is 0 Å². The molecule has 0 fully saturated rings. The topological polar surface area (TPSA) is 73.6 Å². The number of benzene rings is 2. The first-order valence-electron chi connectivity index (χ1n) is 9.73. The minimum atomic E-state index is -0.263. The molecule has 31 heavy (non-hydrogen) atoms. The maximum atomic E-state index is 12.5. The summed E-state index contributed by atoms with van der Waals surface area (Å²) in [5, 5.41) is 3.69. The average molecular weight is 414 g/mol. The summed E-state index contributed by atoms with van der Waals surface area (Å²) in [7, 11) is 3.24. The lowest BCUT2D eigenvalue weighted by atomic mass is 9.99. The van der Waals surface area contributed by atoms with Gasteiger partial charge in [0.25, 0.3) is 0 Å². The minimum absolute atomic E-state index is 0.263. The van der Waals surface area contributed by atoms with Gasteiger partial charge in [-0.3, -0.25) is 4.79 Å². The molecule has 2 aromatic carbocycles. The Bertz CT molecular complexity index is 1240. The second-order valence-electron chi connectivity index (χ2n) is 6.96. The van der Waals surface area contributed by atoms with Crippen molar-refractivity contribution in [1.29, 1.82) is 0 Å². The van der Waals surface area contributed by atoms with Gasteiger partial charge in [-0.2, -0.15) is 0 Å². The Balaban J connectivity index is 1.71. The number of ether oxygens (including phenoxy) is 2. The van der Waals surface area contributed by atoms with Crippen molar-refractivity contribution in [2.45, 2.75) is 6.92 Å². The number of pyridine rings is 1. The Morgan fingerprint density at radius 3 is 2.55 bits per heavy atom. The van der Waals surface area contributed by atoms with Crippen molar-refractivity contribution in [3.8, 4) is 22.6 Å². The van der Waals surface area contributed by atoms with Crippen molar-refractivity contribution in [2.24, 2.45) is 0 Å². The third-order valence-electron chi connectivity index (χ3n) is 4.99. The Kier molecular flexibility index (Phi) is 5.71. The Labute approximate surface area is 180 Å². The lowest BCUT2D eigenvalue weighted by molar-refractivity contribution is -0.111. The highest BCUT2D eigenvalue weighted by Crippen LogP contribution is 2.37. The number of carbonyl (C=O) groups excluding carboxylic acids is 1. The molecule has 0 radical (unpaired) electrons. The van der Waals surface area contributed by atoms with Gasteiger partial charge in [-0.1, -0.05) is 18.2 Å². The van der Waals surface area contributed by atoms with E-state index in [9.17, 15) is 4.79 Å². The molecule has 4 aromatic rings. The summed E-state index contributed by atoms with van der Waals surface area (Å²) < 4.78 is 16.6. The third-order valence-corrected chi connectivity index (χ3v) is 4.99. The van der Waals surface area contributed by atoms with E-state index in [1.807, 2.05) is 49.4 Å². The van der Waals surface area contributed by atoms with Gasteiger partial charge in [-0.15, -0.1) is 0 Å². The van der Waals surface area contributed by atoms with Crippen LogP contribution in [0.1, 0.15) is 12.5 Å². The van der Waals surface area contributed by atoms with Gasteiger partial charge in [-0.05, 0) is 48.4 Å². The molecule has 2 heterocycles. The van der Waals surface area contributed by atoms with Gasteiger partial charge in [0.2, 0.25) is 5.91 Å². The van der Waals surface area contributed by atoms with Crippen LogP contribution in [0.25, 0.3) is 27.7 Å². The summed E-state index contributed by atoms with van der Waals surface area (Å²) in [6.07, 6.45) is 4.89. The summed E-state index contributed by atoms with van der Waals surface area (Å²) in [6, 6.07) is 16.9. The van der Waals surface area contributed by atoms with E-state index in [1.165, 1.54) is 6.08 Å². The van der Waals surface area contributed by atoms with Crippen LogP contribution in [0.4, 0.5) is 5.82 Å². The summed E-state index contributed by atoms with van der Waals surface area (Å²) in [4.78, 5) is 16.6. The molecule has 0 aliphatic carbocycles. The van der Waals surface area contributed by atoms with Crippen LogP contribution in [0.2, 0.25) is 0 Å². The molecular formula is C25H22N2O4. The normalized spacial score (nSPS) is 11.4. The second kappa shape index (κ2) is 8.75. The number of nitrogens with zero attached hydrogens (tertiary/aromatic N) is 1. The summed E-state index contributed by atoms with van der Waals surface area (Å²) >= 11 is 0. The molecule has 2 aromatic heterocycles. The zero-order chi connectivity index (χ0) is 21.8. The summed E-state index contributed by atoms with van der Waals surface area (Å²) in [6.45, 7) is 1.87. The Morgan fingerprint density at radius 1 is 1.06 bits per heavy atom. The van der Waals surface area contributed by atoms with Gasteiger partial charge >= 0.3 is 0 Å². The lowest BCUT2D eigenvalue weighted by Crippen LogP contribution is -2.09. The smallest absolute Gasteiger partial charge is 0.249 e. The van der Waals surface area contributed by atoms with Crippen LogP contribution in [-0.2, 0) is 4.79 Å². The molecular weight excluding hydrogens is 392 g/mol. The molecule has 6 nitrogen and oxygen atoms in total. The average Bonchev–Trinajstić information content (AvgIpc) is 3.21. The van der Waals surface area contributed by atoms with E-state index in [4.69, 9.17) is 13.9 Å². The fraction of sp³-hybridized carbons (Fsp3) is 0.120. The predicted molar refractivity (Wildman–Crippen MR) is 121 cm³/mol. The van der Waals surface area contributed by atoms with E-state index in [-0.39, 0.29) is 5.91 Å². The van der Waals surface area contributed by atoms with Crippen molar-refractivity contribution in [3.05, 3.63) is 78.7 Å². The molecule has 0 spiro atoms. The largest absolute Gasteiger partial charge is 0.497 e. The van der Waals surface area contributed by atoms with Crippen LogP contribution in [0.3, 0.4) is 0 Å². The maximum Gasteiger partial charge on any atom is 0.249 e. The number of amides is 1. The Morgan fingerprint density at radius 2 is 1.87 bits per heavy atom. The van der Waals surface area contributed by atoms with E-state index in [2.05, 4.69) is 10.3 Å². The van der Waals surface area contributed by atoms with E-state index in [0.717, 1.165) is 33.4 Å². The number of hydrogen-bond acceptors (Lipinski definition) is 5. The first-order valence-corrected chi connectivity index (χ1v) is 9.73. The van der Waals surface area contributed by atoms with Crippen molar-refractivity contribution in [1.82, 2.24) is 4.98 Å². The van der Waals surface area contributed by atoms with Gasteiger partial charge < -0.3 is 19.2 Å². The summed E-state index contributed by atoms with van der Waals surface area (Å²) in [5.41, 5.74) is 4.23. The van der Waals surface area contributed by atoms with E-state index < -0.39 is 0 Å². The number of hydrogen-bond donors (Lipinski definition) is 1. The molecule has 156 valence electrons. The van der Waals surface area contributed by atoms with Crippen LogP contribution < -0.4 is 14.8 Å². The number of carbonyl (C=O) groups is 1. The highest BCUT2D eigenvalue weighted by molar-refractivity contribution is 6.05. The molecule has 0 aliphatic heterocycles. The minimum Gasteiger partial charge on any atom is -0.497 e.